The quantitative estimate of drug-likeness (QED) is 0.378. The maximum Gasteiger partial charge on any atom is 0.347 e. The Labute approximate surface area is 68.4 Å². The fraction of sp³-hybridized carbons (Fsp3) is 0.600. The zero-order valence-corrected chi connectivity index (χ0v) is 6.45. The number of hydrogen-bond acceptors (Lipinski definition) is 5. The van der Waals surface area contributed by atoms with E-state index in [1.807, 2.05) is 0 Å². The number of aliphatic carboxylic acids is 1. The van der Waals surface area contributed by atoms with Gasteiger partial charge in [-0.25, -0.2) is 4.79 Å². The van der Waals surface area contributed by atoms with Gasteiger partial charge in [-0.15, -0.1) is 0 Å². The number of esters is 1. The first-order chi connectivity index (χ1) is 5.11. The Balaban J connectivity index is 3.88. The Morgan fingerprint density at radius 2 is 2.09 bits per heavy atom. The van der Waals surface area contributed by atoms with E-state index in [0.29, 0.717) is 0 Å². The van der Waals surface area contributed by atoms with Crippen LogP contribution in [0.2, 0.25) is 0 Å². The Kier molecular flexibility index (Phi) is 4.64. The third-order valence-corrected chi connectivity index (χ3v) is 1.10. The van der Waals surface area contributed by atoms with Crippen molar-refractivity contribution in [3.05, 3.63) is 0 Å². The molecule has 5 nitrogen and oxygen atoms in total. The van der Waals surface area contributed by atoms with Crippen LogP contribution in [0.25, 0.3) is 0 Å². The lowest BCUT2D eigenvalue weighted by Gasteiger charge is -2.08. The fourth-order valence-corrected chi connectivity index (χ4v) is 0.436. The second-order valence-corrected chi connectivity index (χ2v) is 1.97. The first-order valence-corrected chi connectivity index (χ1v) is 3.39. The van der Waals surface area contributed by atoms with Gasteiger partial charge in [0.15, 0.2) is 0 Å². The summed E-state index contributed by atoms with van der Waals surface area (Å²) in [6.45, 7) is -0.727. The molecule has 0 amide bonds. The van der Waals surface area contributed by atoms with Gasteiger partial charge in [-0.2, -0.15) is 12.6 Å². The van der Waals surface area contributed by atoms with Crippen LogP contribution in [0.3, 0.4) is 0 Å². The molecule has 0 aromatic heterocycles. The molecule has 0 radical (unpaired) electrons. The molecular weight excluding hydrogens is 172 g/mol. The van der Waals surface area contributed by atoms with Crippen molar-refractivity contribution in [2.75, 3.05) is 12.4 Å². The average molecular weight is 180 g/mol. The van der Waals surface area contributed by atoms with Gasteiger partial charge in [-0.1, -0.05) is 0 Å². The van der Waals surface area contributed by atoms with E-state index in [-0.39, 0.29) is 5.75 Å². The van der Waals surface area contributed by atoms with Crippen LogP contribution < -0.4 is 0 Å². The van der Waals surface area contributed by atoms with Crippen molar-refractivity contribution in [2.24, 2.45) is 0 Å². The maximum atomic E-state index is 10.4. The van der Waals surface area contributed by atoms with E-state index in [1.165, 1.54) is 0 Å². The zero-order valence-electron chi connectivity index (χ0n) is 5.56. The summed E-state index contributed by atoms with van der Waals surface area (Å²) >= 11 is 3.55. The van der Waals surface area contributed by atoms with Crippen LogP contribution in [-0.2, 0) is 14.3 Å². The number of carboxylic acids is 1. The molecule has 2 N–H and O–H groups in total. The van der Waals surface area contributed by atoms with Gasteiger partial charge in [0.05, 0.1) is 12.4 Å². The SMILES string of the molecule is O=C(CS)OC(CO)C(=O)O. The van der Waals surface area contributed by atoms with Gasteiger partial charge in [-0.05, 0) is 0 Å². The van der Waals surface area contributed by atoms with E-state index in [9.17, 15) is 9.59 Å². The second-order valence-electron chi connectivity index (χ2n) is 1.66. The lowest BCUT2D eigenvalue weighted by atomic mass is 10.4. The number of hydrogen-bond donors (Lipinski definition) is 3. The molecule has 0 heterocycles. The number of thiol groups is 1. The van der Waals surface area contributed by atoms with Crippen molar-refractivity contribution in [1.82, 2.24) is 0 Å². The predicted molar refractivity (Wildman–Crippen MR) is 38.5 cm³/mol. The van der Waals surface area contributed by atoms with Crippen molar-refractivity contribution in [2.45, 2.75) is 6.10 Å². The molecule has 0 aliphatic rings. The number of carboxylic acid groups (broad SMARTS) is 1. The van der Waals surface area contributed by atoms with Crippen LogP contribution in [0.1, 0.15) is 0 Å². The van der Waals surface area contributed by atoms with E-state index in [0.717, 1.165) is 0 Å². The van der Waals surface area contributed by atoms with E-state index < -0.39 is 24.6 Å². The summed E-state index contributed by atoms with van der Waals surface area (Å²) < 4.78 is 4.25. The summed E-state index contributed by atoms with van der Waals surface area (Å²) in [6, 6.07) is 0. The van der Waals surface area contributed by atoms with E-state index in [1.54, 1.807) is 0 Å². The van der Waals surface area contributed by atoms with Crippen molar-refractivity contribution >= 4 is 24.6 Å². The monoisotopic (exact) mass is 180 g/mol. The van der Waals surface area contributed by atoms with Gasteiger partial charge in [0.1, 0.15) is 0 Å². The molecule has 6 heteroatoms. The number of carbonyl (C=O) groups excluding carboxylic acids is 1. The molecule has 64 valence electrons. The zero-order chi connectivity index (χ0) is 8.85. The van der Waals surface area contributed by atoms with Gasteiger partial charge in [0, 0.05) is 0 Å². The van der Waals surface area contributed by atoms with Crippen molar-refractivity contribution in [1.29, 1.82) is 0 Å². The van der Waals surface area contributed by atoms with Crippen LogP contribution in [0.4, 0.5) is 0 Å². The molecule has 0 saturated heterocycles. The van der Waals surface area contributed by atoms with Crippen LogP contribution in [0.15, 0.2) is 0 Å². The lowest BCUT2D eigenvalue weighted by molar-refractivity contribution is -0.164. The van der Waals surface area contributed by atoms with Crippen molar-refractivity contribution < 1.29 is 24.5 Å². The van der Waals surface area contributed by atoms with Crippen LogP contribution in [0.5, 0.6) is 0 Å². The molecule has 0 aliphatic heterocycles. The third-order valence-electron chi connectivity index (χ3n) is 0.844. The minimum atomic E-state index is -1.48. The maximum absolute atomic E-state index is 10.4. The second kappa shape index (κ2) is 4.97. The normalized spacial score (nSPS) is 12.2. The average Bonchev–Trinajstić information content (AvgIpc) is 1.99. The molecule has 0 aromatic carbocycles. The third kappa shape index (κ3) is 3.84. The Bertz CT molecular complexity index is 157. The molecular formula is C5H8O5S. The van der Waals surface area contributed by atoms with Crippen LogP contribution in [-0.4, -0.2) is 40.6 Å². The lowest BCUT2D eigenvalue weighted by Crippen LogP contribution is -2.30. The van der Waals surface area contributed by atoms with Crippen LogP contribution in [0, 0.1) is 0 Å². The Morgan fingerprint density at radius 1 is 1.55 bits per heavy atom. The number of carbonyl (C=O) groups is 2. The highest BCUT2D eigenvalue weighted by atomic mass is 32.1. The molecule has 1 atom stereocenters. The van der Waals surface area contributed by atoms with Gasteiger partial charge in [0.2, 0.25) is 6.10 Å². The Morgan fingerprint density at radius 3 is 2.36 bits per heavy atom. The topological polar surface area (TPSA) is 83.8 Å². The van der Waals surface area contributed by atoms with E-state index >= 15 is 0 Å². The summed E-state index contributed by atoms with van der Waals surface area (Å²) in [4.78, 5) is 20.5. The van der Waals surface area contributed by atoms with Gasteiger partial charge < -0.3 is 14.9 Å². The highest BCUT2D eigenvalue weighted by molar-refractivity contribution is 7.81. The molecule has 0 aromatic rings. The van der Waals surface area contributed by atoms with Crippen molar-refractivity contribution in [3.8, 4) is 0 Å². The molecule has 0 rings (SSSR count). The largest absolute Gasteiger partial charge is 0.478 e. The minimum absolute atomic E-state index is 0.205. The summed E-state index contributed by atoms with van der Waals surface area (Å²) in [5, 5.41) is 16.6. The van der Waals surface area contributed by atoms with Gasteiger partial charge in [0.25, 0.3) is 0 Å². The first kappa shape index (κ1) is 10.2. The van der Waals surface area contributed by atoms with Crippen molar-refractivity contribution in [3.63, 3.8) is 0 Å². The Hall–Kier alpha value is -0.750. The molecule has 0 saturated carbocycles. The van der Waals surface area contributed by atoms with Gasteiger partial charge in [-0.3, -0.25) is 4.79 Å². The summed E-state index contributed by atoms with van der Waals surface area (Å²) in [5.74, 6) is -2.35. The molecule has 11 heavy (non-hydrogen) atoms. The molecule has 1 unspecified atom stereocenters. The number of aliphatic hydroxyl groups is 1. The number of aliphatic hydroxyl groups excluding tert-OH is 1. The minimum Gasteiger partial charge on any atom is -0.478 e. The number of rotatable bonds is 4. The summed E-state index contributed by atoms with van der Waals surface area (Å²) in [5.41, 5.74) is 0. The fourth-order valence-electron chi connectivity index (χ4n) is 0.362. The highest BCUT2D eigenvalue weighted by Gasteiger charge is 2.19. The summed E-state index contributed by atoms with van der Waals surface area (Å²) in [7, 11) is 0. The summed E-state index contributed by atoms with van der Waals surface area (Å²) in [6.07, 6.45) is -1.48. The van der Waals surface area contributed by atoms with Gasteiger partial charge >= 0.3 is 11.9 Å². The molecule has 0 spiro atoms. The van der Waals surface area contributed by atoms with E-state index in [2.05, 4.69) is 17.4 Å². The molecule has 0 fully saturated rings. The highest BCUT2D eigenvalue weighted by Crippen LogP contribution is 1.93. The van der Waals surface area contributed by atoms with Crippen LogP contribution >= 0.6 is 12.6 Å². The molecule has 0 aliphatic carbocycles. The van der Waals surface area contributed by atoms with E-state index in [4.69, 9.17) is 10.2 Å². The first-order valence-electron chi connectivity index (χ1n) is 2.75. The standard InChI is InChI=1S/C5H8O5S/c6-1-3(5(8)9)10-4(7)2-11/h3,6,11H,1-2H2,(H,8,9). The smallest absolute Gasteiger partial charge is 0.347 e. The predicted octanol–water partition coefficient (Wildman–Crippen LogP) is -1.10. The molecule has 0 bridgehead atoms. The number of ether oxygens (including phenoxy) is 1.